The first-order valence-corrected chi connectivity index (χ1v) is 17.9. The first-order valence-electron chi connectivity index (χ1n) is 17.9. The van der Waals surface area contributed by atoms with E-state index in [1.807, 2.05) is 84.8 Å². The number of aromatic nitrogens is 4. The molecule has 0 radical (unpaired) electrons. The first kappa shape index (κ1) is 33.6. The molecule has 2 atom stereocenters. The molecule has 3 fully saturated rings. The van der Waals surface area contributed by atoms with Crippen LogP contribution < -0.4 is 16.0 Å². The topological polar surface area (TPSA) is 132 Å². The number of alkyl carbamates (subject to hydrolysis) is 1. The van der Waals surface area contributed by atoms with Crippen molar-refractivity contribution >= 4 is 34.7 Å². The lowest BCUT2D eigenvalue weighted by atomic mass is 9.72. The molecule has 2 aromatic carbocycles. The smallest absolute Gasteiger partial charge is 0.408 e. The van der Waals surface area contributed by atoms with Crippen molar-refractivity contribution in [1.29, 1.82) is 0 Å². The summed E-state index contributed by atoms with van der Waals surface area (Å²) in [6, 6.07) is 20.8. The number of nitrogens with one attached hydrogen (secondary N) is 1. The van der Waals surface area contributed by atoms with Gasteiger partial charge in [0.05, 0.1) is 22.5 Å². The number of carbonyl (C=O) groups excluding carboxylic acids is 2. The van der Waals surface area contributed by atoms with Gasteiger partial charge in [-0.2, -0.15) is 0 Å². The Hall–Kier alpha value is -5.52. The lowest BCUT2D eigenvalue weighted by molar-refractivity contribution is -0.128. The van der Waals surface area contributed by atoms with E-state index in [9.17, 15) is 9.59 Å². The number of amides is 2. The zero-order valence-corrected chi connectivity index (χ0v) is 29.9. The average molecular weight is 703 g/mol. The van der Waals surface area contributed by atoms with Crippen LogP contribution in [0.1, 0.15) is 52.5 Å². The number of fused-ring (bicyclic) bond motifs is 2. The van der Waals surface area contributed by atoms with Gasteiger partial charge in [0.2, 0.25) is 5.91 Å². The molecule has 3 N–H and O–H groups in total. The molecule has 0 unspecified atom stereocenters. The van der Waals surface area contributed by atoms with E-state index in [2.05, 4.69) is 15.2 Å². The third-order valence-electron chi connectivity index (χ3n) is 10.7. The molecule has 2 saturated heterocycles. The lowest BCUT2D eigenvalue weighted by Crippen LogP contribution is -2.52. The SMILES string of the molecule is CC(=O)N1C[C@@H]2CN(c3cccc(-c4ccc5nc(-c6cccnc6N)n(-c6ccc(C7(NC(=O)OC(C)(C)C)CCC7)cc6)c5n4)c3F)C[C@@H]2C1. The number of nitrogens with two attached hydrogens (primary N) is 1. The van der Waals surface area contributed by atoms with Gasteiger partial charge >= 0.3 is 6.09 Å². The van der Waals surface area contributed by atoms with Crippen LogP contribution in [0.4, 0.5) is 20.7 Å². The second kappa shape index (κ2) is 12.6. The van der Waals surface area contributed by atoms with E-state index in [4.69, 9.17) is 20.4 Å². The summed E-state index contributed by atoms with van der Waals surface area (Å²) < 4.78 is 24.0. The van der Waals surface area contributed by atoms with E-state index in [1.165, 1.54) is 0 Å². The molecule has 52 heavy (non-hydrogen) atoms. The highest BCUT2D eigenvalue weighted by molar-refractivity contribution is 5.85. The summed E-state index contributed by atoms with van der Waals surface area (Å²) >= 11 is 0. The normalized spacial score (nSPS) is 19.4. The number of benzene rings is 2. The molecule has 8 rings (SSSR count). The molecule has 268 valence electrons. The summed E-state index contributed by atoms with van der Waals surface area (Å²) in [7, 11) is 0. The zero-order valence-electron chi connectivity index (χ0n) is 29.9. The van der Waals surface area contributed by atoms with E-state index in [0.29, 0.717) is 83.3 Å². The van der Waals surface area contributed by atoms with Crippen LogP contribution in [0, 0.1) is 17.7 Å². The fraction of sp³-hybridized carbons (Fsp3) is 0.375. The van der Waals surface area contributed by atoms with Gasteiger partial charge in [0.1, 0.15) is 16.9 Å². The number of nitrogen functional groups attached to an aromatic ring is 1. The molecule has 11 nitrogen and oxygen atoms in total. The molecule has 0 spiro atoms. The fourth-order valence-electron chi connectivity index (χ4n) is 7.99. The predicted molar refractivity (Wildman–Crippen MR) is 198 cm³/mol. The second-order valence-corrected chi connectivity index (χ2v) is 15.3. The highest BCUT2D eigenvalue weighted by Crippen LogP contribution is 2.43. The van der Waals surface area contributed by atoms with Crippen LogP contribution in [-0.4, -0.2) is 68.2 Å². The van der Waals surface area contributed by atoms with Gasteiger partial charge in [0.25, 0.3) is 0 Å². The molecule has 2 aliphatic heterocycles. The van der Waals surface area contributed by atoms with Crippen LogP contribution in [0.5, 0.6) is 0 Å². The van der Waals surface area contributed by atoms with E-state index >= 15 is 4.39 Å². The van der Waals surface area contributed by atoms with Crippen LogP contribution in [-0.2, 0) is 15.1 Å². The molecule has 5 heterocycles. The molecule has 2 amide bonds. The minimum atomic E-state index is -0.602. The highest BCUT2D eigenvalue weighted by Gasteiger charge is 2.42. The van der Waals surface area contributed by atoms with Gasteiger partial charge in [-0.05, 0) is 94.1 Å². The molecule has 3 aromatic heterocycles. The number of hydrogen-bond donors (Lipinski definition) is 2. The van der Waals surface area contributed by atoms with E-state index in [0.717, 1.165) is 30.5 Å². The van der Waals surface area contributed by atoms with Crippen LogP contribution >= 0.6 is 0 Å². The number of hydrogen-bond acceptors (Lipinski definition) is 8. The third-order valence-corrected chi connectivity index (χ3v) is 10.7. The number of anilines is 2. The lowest BCUT2D eigenvalue weighted by Gasteiger charge is -2.43. The second-order valence-electron chi connectivity index (χ2n) is 15.3. The summed E-state index contributed by atoms with van der Waals surface area (Å²) in [6.45, 7) is 10.00. The van der Waals surface area contributed by atoms with Gasteiger partial charge < -0.3 is 25.6 Å². The monoisotopic (exact) mass is 702 g/mol. The van der Waals surface area contributed by atoms with Crippen molar-refractivity contribution in [2.45, 2.75) is 58.1 Å². The Bertz CT molecular complexity index is 2180. The minimum absolute atomic E-state index is 0.0950. The van der Waals surface area contributed by atoms with Crippen LogP contribution in [0.15, 0.2) is 72.9 Å². The van der Waals surface area contributed by atoms with Crippen molar-refractivity contribution in [3.63, 3.8) is 0 Å². The quantitative estimate of drug-likeness (QED) is 0.200. The fourth-order valence-corrected chi connectivity index (χ4v) is 7.99. The third kappa shape index (κ3) is 5.99. The molecule has 12 heteroatoms. The van der Waals surface area contributed by atoms with E-state index in [1.54, 1.807) is 25.3 Å². The van der Waals surface area contributed by atoms with Gasteiger partial charge in [-0.25, -0.2) is 24.1 Å². The van der Waals surface area contributed by atoms with Crippen molar-refractivity contribution in [3.8, 4) is 28.3 Å². The van der Waals surface area contributed by atoms with E-state index < -0.39 is 17.2 Å². The highest BCUT2D eigenvalue weighted by atomic mass is 19.1. The molecule has 3 aliphatic rings. The van der Waals surface area contributed by atoms with Crippen molar-refractivity contribution in [2.75, 3.05) is 36.8 Å². The van der Waals surface area contributed by atoms with Crippen LogP contribution in [0.25, 0.3) is 39.5 Å². The summed E-state index contributed by atoms with van der Waals surface area (Å²) in [5, 5.41) is 3.13. The molecular formula is C40H43FN8O3. The number of ether oxygens (including phenoxy) is 1. The Labute approximate surface area is 302 Å². The minimum Gasteiger partial charge on any atom is -0.444 e. The zero-order chi connectivity index (χ0) is 36.4. The Morgan fingerprint density at radius 1 is 0.923 bits per heavy atom. The summed E-state index contributed by atoms with van der Waals surface area (Å²) in [5.41, 5.74) is 10.2. The van der Waals surface area contributed by atoms with Crippen molar-refractivity contribution < 1.29 is 18.7 Å². The summed E-state index contributed by atoms with van der Waals surface area (Å²) in [6.07, 6.45) is 3.81. The van der Waals surface area contributed by atoms with Crippen molar-refractivity contribution in [2.24, 2.45) is 11.8 Å². The van der Waals surface area contributed by atoms with Crippen molar-refractivity contribution in [1.82, 2.24) is 29.7 Å². The van der Waals surface area contributed by atoms with Gasteiger partial charge in [0, 0.05) is 62.4 Å². The summed E-state index contributed by atoms with van der Waals surface area (Å²) in [4.78, 5) is 43.1. The Balaban J connectivity index is 1.16. The van der Waals surface area contributed by atoms with Crippen LogP contribution in [0.3, 0.4) is 0 Å². The van der Waals surface area contributed by atoms with Gasteiger partial charge in [-0.1, -0.05) is 18.2 Å². The van der Waals surface area contributed by atoms with Crippen molar-refractivity contribution in [3.05, 3.63) is 84.3 Å². The number of halogens is 1. The van der Waals surface area contributed by atoms with Gasteiger partial charge in [-0.3, -0.25) is 9.36 Å². The number of pyridine rings is 2. The maximum absolute atomic E-state index is 16.5. The molecule has 1 saturated carbocycles. The predicted octanol–water partition coefficient (Wildman–Crippen LogP) is 6.69. The average Bonchev–Trinajstić information content (AvgIpc) is 3.78. The van der Waals surface area contributed by atoms with Gasteiger partial charge in [0.15, 0.2) is 17.3 Å². The van der Waals surface area contributed by atoms with E-state index in [-0.39, 0.29) is 11.7 Å². The molecule has 0 bridgehead atoms. The molecule has 5 aromatic rings. The number of likely N-dealkylation sites (tertiary alicyclic amines) is 1. The Kier molecular flexibility index (Phi) is 8.15. The maximum atomic E-state index is 16.5. The first-order chi connectivity index (χ1) is 24.9. The standard InChI is InChI=1S/C40H43FN8O3/c1-24(50)47-20-25-22-48(23-26(25)21-47)33-10-5-8-29(34(33)41)31-15-16-32-37(44-31)49(36(45-32)30-9-6-19-43-35(30)42)28-13-11-27(12-14-28)40(17-7-18-40)46-38(51)52-39(2,3)4/h5-6,8-16,19,25-26H,7,17-18,20-23H2,1-4H3,(H2,42,43)(H,46,51)/t25-,26+. The number of rotatable bonds is 6. The number of carbonyl (C=O) groups is 2. The number of nitrogens with zero attached hydrogens (tertiary/aromatic N) is 6. The largest absolute Gasteiger partial charge is 0.444 e. The molecule has 1 aliphatic carbocycles. The number of imidazole rings is 1. The van der Waals surface area contributed by atoms with Crippen LogP contribution in [0.2, 0.25) is 0 Å². The summed E-state index contributed by atoms with van der Waals surface area (Å²) in [5.74, 6) is 1.30. The Morgan fingerprint density at radius 3 is 2.27 bits per heavy atom. The maximum Gasteiger partial charge on any atom is 0.408 e. The Morgan fingerprint density at radius 2 is 1.63 bits per heavy atom. The molecular weight excluding hydrogens is 659 g/mol. The van der Waals surface area contributed by atoms with Gasteiger partial charge in [-0.15, -0.1) is 0 Å².